The Bertz CT molecular complexity index is 465. The van der Waals surface area contributed by atoms with E-state index in [9.17, 15) is 14.7 Å². The molecule has 1 fully saturated rings. The molecule has 20 heavy (non-hydrogen) atoms. The van der Waals surface area contributed by atoms with E-state index >= 15 is 0 Å². The molecule has 7 heteroatoms. The molecule has 2 N–H and O–H groups in total. The highest BCUT2D eigenvalue weighted by atomic mass is 16.5. The fourth-order valence-electron chi connectivity index (χ4n) is 2.14. The average Bonchev–Trinajstić information content (AvgIpc) is 2.92. The van der Waals surface area contributed by atoms with Crippen molar-refractivity contribution < 1.29 is 23.8 Å². The Labute approximate surface area is 116 Å². The predicted molar refractivity (Wildman–Crippen MR) is 69.1 cm³/mol. The first-order valence-electron chi connectivity index (χ1n) is 6.39. The van der Waals surface area contributed by atoms with Crippen LogP contribution in [0.25, 0.3) is 0 Å². The van der Waals surface area contributed by atoms with E-state index in [2.05, 4.69) is 5.32 Å². The average molecular weight is 282 g/mol. The van der Waals surface area contributed by atoms with Gasteiger partial charge in [-0.3, -0.25) is 0 Å². The summed E-state index contributed by atoms with van der Waals surface area (Å²) in [7, 11) is 1.61. The summed E-state index contributed by atoms with van der Waals surface area (Å²) in [4.78, 5) is 25.0. The SMILES string of the molecule is CN(Cc1ccoc1)C(=O)NC1(C(=O)O)CCOCC1. The van der Waals surface area contributed by atoms with E-state index in [-0.39, 0.29) is 12.8 Å². The molecular weight excluding hydrogens is 264 g/mol. The fourth-order valence-corrected chi connectivity index (χ4v) is 2.14. The zero-order chi connectivity index (χ0) is 14.6. The third-order valence-electron chi connectivity index (χ3n) is 3.45. The lowest BCUT2D eigenvalue weighted by atomic mass is 9.90. The molecule has 2 rings (SSSR count). The van der Waals surface area contributed by atoms with E-state index in [0.29, 0.717) is 19.8 Å². The number of carbonyl (C=O) groups excluding carboxylic acids is 1. The van der Waals surface area contributed by atoms with Crippen LogP contribution in [0.2, 0.25) is 0 Å². The van der Waals surface area contributed by atoms with Gasteiger partial charge in [0.25, 0.3) is 0 Å². The van der Waals surface area contributed by atoms with Crippen LogP contribution in [0.15, 0.2) is 23.0 Å². The molecular formula is C13H18N2O5. The number of furan rings is 1. The Morgan fingerprint density at radius 2 is 2.15 bits per heavy atom. The summed E-state index contributed by atoms with van der Waals surface area (Å²) in [5.41, 5.74) is -0.390. The molecule has 110 valence electrons. The zero-order valence-electron chi connectivity index (χ0n) is 11.3. The molecule has 0 aliphatic carbocycles. The van der Waals surface area contributed by atoms with E-state index in [1.54, 1.807) is 19.4 Å². The van der Waals surface area contributed by atoms with Crippen molar-refractivity contribution in [3.8, 4) is 0 Å². The molecule has 1 aromatic heterocycles. The molecule has 0 aromatic carbocycles. The van der Waals surface area contributed by atoms with Crippen LogP contribution in [0, 0.1) is 0 Å². The molecule has 0 unspecified atom stereocenters. The number of urea groups is 1. The van der Waals surface area contributed by atoms with Crippen LogP contribution < -0.4 is 5.32 Å². The van der Waals surface area contributed by atoms with Crippen LogP contribution in [0.3, 0.4) is 0 Å². The van der Waals surface area contributed by atoms with Crippen LogP contribution in [0.5, 0.6) is 0 Å². The summed E-state index contributed by atoms with van der Waals surface area (Å²) < 4.78 is 10.1. The smallest absolute Gasteiger partial charge is 0.329 e. The maximum Gasteiger partial charge on any atom is 0.329 e. The number of rotatable bonds is 4. The second-order valence-corrected chi connectivity index (χ2v) is 4.92. The number of hydrogen-bond donors (Lipinski definition) is 2. The van der Waals surface area contributed by atoms with Gasteiger partial charge in [-0.25, -0.2) is 9.59 Å². The van der Waals surface area contributed by atoms with Crippen molar-refractivity contribution in [3.63, 3.8) is 0 Å². The summed E-state index contributed by atoms with van der Waals surface area (Å²) in [6, 6.07) is 1.33. The maximum absolute atomic E-state index is 12.1. The molecule has 7 nitrogen and oxygen atoms in total. The van der Waals surface area contributed by atoms with Gasteiger partial charge >= 0.3 is 12.0 Å². The number of ether oxygens (including phenoxy) is 1. The van der Waals surface area contributed by atoms with Gasteiger partial charge in [-0.1, -0.05) is 0 Å². The highest BCUT2D eigenvalue weighted by Gasteiger charge is 2.42. The normalized spacial score (nSPS) is 17.4. The van der Waals surface area contributed by atoms with Crippen molar-refractivity contribution in [1.29, 1.82) is 0 Å². The first kappa shape index (κ1) is 14.4. The van der Waals surface area contributed by atoms with Gasteiger partial charge in [0.05, 0.1) is 19.1 Å². The lowest BCUT2D eigenvalue weighted by Gasteiger charge is -2.35. The Balaban J connectivity index is 1.99. The van der Waals surface area contributed by atoms with Crippen molar-refractivity contribution in [2.45, 2.75) is 24.9 Å². The molecule has 0 spiro atoms. The van der Waals surface area contributed by atoms with E-state index in [4.69, 9.17) is 9.15 Å². The number of nitrogens with one attached hydrogen (secondary N) is 1. The van der Waals surface area contributed by atoms with Crippen molar-refractivity contribution in [1.82, 2.24) is 10.2 Å². The second kappa shape index (κ2) is 5.96. The molecule has 1 aromatic rings. The molecule has 2 heterocycles. The molecule has 2 amide bonds. The van der Waals surface area contributed by atoms with E-state index in [1.165, 1.54) is 11.2 Å². The first-order chi connectivity index (χ1) is 9.53. The summed E-state index contributed by atoms with van der Waals surface area (Å²) in [5, 5.41) is 12.0. The summed E-state index contributed by atoms with van der Waals surface area (Å²) >= 11 is 0. The molecule has 0 atom stereocenters. The summed E-state index contributed by atoms with van der Waals surface area (Å²) in [6.07, 6.45) is 3.62. The minimum atomic E-state index is -1.24. The molecule has 1 saturated heterocycles. The number of carboxylic acids is 1. The largest absolute Gasteiger partial charge is 0.480 e. The molecule has 0 radical (unpaired) electrons. The van der Waals surface area contributed by atoms with Gasteiger partial charge in [0.1, 0.15) is 5.54 Å². The van der Waals surface area contributed by atoms with Crippen molar-refractivity contribution in [2.24, 2.45) is 0 Å². The van der Waals surface area contributed by atoms with Gasteiger partial charge in [-0.2, -0.15) is 0 Å². The van der Waals surface area contributed by atoms with Gasteiger partial charge in [-0.05, 0) is 6.07 Å². The van der Waals surface area contributed by atoms with Crippen LogP contribution in [0.4, 0.5) is 4.79 Å². The van der Waals surface area contributed by atoms with Crippen LogP contribution in [-0.2, 0) is 16.1 Å². The van der Waals surface area contributed by atoms with Crippen LogP contribution in [-0.4, -0.2) is 47.8 Å². The summed E-state index contributed by atoms with van der Waals surface area (Å²) in [6.45, 7) is 1.02. The van der Waals surface area contributed by atoms with E-state index in [0.717, 1.165) is 5.56 Å². The number of aliphatic carboxylic acids is 1. The fraction of sp³-hybridized carbons (Fsp3) is 0.538. The molecule has 1 aliphatic heterocycles. The number of carbonyl (C=O) groups is 2. The third-order valence-corrected chi connectivity index (χ3v) is 3.45. The quantitative estimate of drug-likeness (QED) is 0.861. The lowest BCUT2D eigenvalue weighted by Crippen LogP contribution is -2.59. The number of amides is 2. The number of carboxylic acid groups (broad SMARTS) is 1. The number of nitrogens with zero attached hydrogens (tertiary/aromatic N) is 1. The van der Waals surface area contributed by atoms with Gasteiger partial charge in [-0.15, -0.1) is 0 Å². The highest BCUT2D eigenvalue weighted by Crippen LogP contribution is 2.21. The Morgan fingerprint density at radius 1 is 1.45 bits per heavy atom. The van der Waals surface area contributed by atoms with Crippen LogP contribution >= 0.6 is 0 Å². The topological polar surface area (TPSA) is 92.0 Å². The maximum atomic E-state index is 12.1. The van der Waals surface area contributed by atoms with Gasteiger partial charge < -0.3 is 24.5 Å². The minimum absolute atomic E-state index is 0.271. The van der Waals surface area contributed by atoms with Crippen molar-refractivity contribution in [2.75, 3.05) is 20.3 Å². The highest BCUT2D eigenvalue weighted by molar-refractivity contribution is 5.86. The van der Waals surface area contributed by atoms with Gasteiger partial charge in [0, 0.05) is 38.7 Å². The zero-order valence-corrected chi connectivity index (χ0v) is 11.3. The predicted octanol–water partition coefficient (Wildman–Crippen LogP) is 1.05. The van der Waals surface area contributed by atoms with E-state index < -0.39 is 17.5 Å². The Morgan fingerprint density at radius 3 is 2.70 bits per heavy atom. The van der Waals surface area contributed by atoms with Crippen LogP contribution in [0.1, 0.15) is 18.4 Å². The third kappa shape index (κ3) is 3.11. The van der Waals surface area contributed by atoms with Gasteiger partial charge in [0.2, 0.25) is 0 Å². The molecule has 0 bridgehead atoms. The second-order valence-electron chi connectivity index (χ2n) is 4.92. The van der Waals surface area contributed by atoms with Crippen molar-refractivity contribution >= 4 is 12.0 Å². The standard InChI is InChI=1S/C13H18N2O5/c1-15(8-10-2-5-20-9-10)12(18)14-13(11(16)17)3-6-19-7-4-13/h2,5,9H,3-4,6-8H2,1H3,(H,14,18)(H,16,17). The molecule has 1 aliphatic rings. The first-order valence-corrected chi connectivity index (χ1v) is 6.39. The summed E-state index contributed by atoms with van der Waals surface area (Å²) in [5.74, 6) is -1.02. The Kier molecular flexibility index (Phi) is 4.29. The monoisotopic (exact) mass is 282 g/mol. The van der Waals surface area contributed by atoms with E-state index in [1.807, 2.05) is 0 Å². The Hall–Kier alpha value is -2.02. The lowest BCUT2D eigenvalue weighted by molar-refractivity contribution is -0.148. The molecule has 0 saturated carbocycles. The van der Waals surface area contributed by atoms with Crippen molar-refractivity contribution in [3.05, 3.63) is 24.2 Å². The minimum Gasteiger partial charge on any atom is -0.480 e. The number of hydrogen-bond acceptors (Lipinski definition) is 4. The van der Waals surface area contributed by atoms with Gasteiger partial charge in [0.15, 0.2) is 0 Å².